The first-order chi connectivity index (χ1) is 11.0. The molecule has 0 saturated heterocycles. The lowest BCUT2D eigenvalue weighted by atomic mass is 9.88. The van der Waals surface area contributed by atoms with Crippen LogP contribution in [0.4, 0.5) is 0 Å². The zero-order valence-electron chi connectivity index (χ0n) is 15.4. The molecule has 0 bridgehead atoms. The molecular weight excluding hydrogens is 294 g/mol. The highest BCUT2D eigenvalue weighted by Crippen LogP contribution is 2.26. The Balaban J connectivity index is 2.00. The third kappa shape index (κ3) is 11.1. The Morgan fingerprint density at radius 1 is 1.04 bits per heavy atom. The van der Waals surface area contributed by atoms with E-state index in [1.165, 1.54) is 0 Å². The Morgan fingerprint density at radius 3 is 2.35 bits per heavy atom. The van der Waals surface area contributed by atoms with Gasteiger partial charge in [0.05, 0.1) is 38.1 Å². The van der Waals surface area contributed by atoms with Gasteiger partial charge >= 0.3 is 0 Å². The molecule has 0 radical (unpaired) electrons. The average molecular weight is 331 g/mol. The second kappa shape index (κ2) is 12.2. The van der Waals surface area contributed by atoms with Crippen LogP contribution in [0.5, 0.6) is 0 Å². The normalized spacial score (nSPS) is 23.6. The van der Waals surface area contributed by atoms with Gasteiger partial charge in [0.2, 0.25) is 0 Å². The van der Waals surface area contributed by atoms with E-state index in [9.17, 15) is 5.11 Å². The predicted octanol–water partition coefficient (Wildman–Crippen LogP) is 2.36. The van der Waals surface area contributed by atoms with E-state index in [2.05, 4.69) is 19.2 Å². The minimum Gasteiger partial charge on any atom is -0.389 e. The van der Waals surface area contributed by atoms with Gasteiger partial charge in [0.15, 0.2) is 0 Å². The van der Waals surface area contributed by atoms with Crippen molar-refractivity contribution in [3.05, 3.63) is 0 Å². The second-order valence-electron chi connectivity index (χ2n) is 7.19. The number of nitrogens with one attached hydrogen (secondary N) is 1. The van der Waals surface area contributed by atoms with Crippen molar-refractivity contribution in [2.45, 2.75) is 77.7 Å². The summed E-state index contributed by atoms with van der Waals surface area (Å²) in [6.45, 7) is 11.4. The van der Waals surface area contributed by atoms with Gasteiger partial charge in [-0.3, -0.25) is 0 Å². The van der Waals surface area contributed by atoms with Gasteiger partial charge in [-0.05, 0) is 45.4 Å². The van der Waals surface area contributed by atoms with E-state index >= 15 is 0 Å². The summed E-state index contributed by atoms with van der Waals surface area (Å²) in [5.41, 5.74) is 0. The van der Waals surface area contributed by atoms with Crippen LogP contribution < -0.4 is 5.32 Å². The molecule has 1 saturated carbocycles. The van der Waals surface area contributed by atoms with Crippen LogP contribution >= 0.6 is 0 Å². The summed E-state index contributed by atoms with van der Waals surface area (Å²) in [7, 11) is 0. The standard InChI is InChI=1S/C18H37NO4/c1-14(2)19-11-17(20)13-23-18-7-5-16(6-8-18)12-21-9-10-22-15(3)4/h14-20H,5-13H2,1-4H3. The molecule has 1 atom stereocenters. The molecule has 0 amide bonds. The Morgan fingerprint density at radius 2 is 1.74 bits per heavy atom. The average Bonchev–Trinajstić information content (AvgIpc) is 2.51. The molecule has 1 aliphatic rings. The molecule has 0 aromatic carbocycles. The van der Waals surface area contributed by atoms with Crippen LogP contribution in [0, 0.1) is 5.92 Å². The van der Waals surface area contributed by atoms with Crippen molar-refractivity contribution >= 4 is 0 Å². The van der Waals surface area contributed by atoms with Crippen molar-refractivity contribution in [2.24, 2.45) is 5.92 Å². The molecule has 23 heavy (non-hydrogen) atoms. The third-order valence-corrected chi connectivity index (χ3v) is 4.11. The van der Waals surface area contributed by atoms with E-state index in [4.69, 9.17) is 14.2 Å². The Hall–Kier alpha value is -0.200. The summed E-state index contributed by atoms with van der Waals surface area (Å²) < 4.78 is 17.0. The zero-order chi connectivity index (χ0) is 17.1. The molecule has 0 aromatic heterocycles. The highest BCUT2D eigenvalue weighted by Gasteiger charge is 2.22. The topological polar surface area (TPSA) is 60.0 Å². The van der Waals surface area contributed by atoms with Crippen LogP contribution in [0.2, 0.25) is 0 Å². The Kier molecular flexibility index (Phi) is 11.1. The van der Waals surface area contributed by atoms with Gasteiger partial charge < -0.3 is 24.6 Å². The summed E-state index contributed by atoms with van der Waals surface area (Å²) in [6.07, 6.45) is 4.59. The molecule has 5 nitrogen and oxygen atoms in total. The van der Waals surface area contributed by atoms with Crippen molar-refractivity contribution in [1.29, 1.82) is 0 Å². The first-order valence-corrected chi connectivity index (χ1v) is 9.19. The largest absolute Gasteiger partial charge is 0.389 e. The number of hydrogen-bond acceptors (Lipinski definition) is 5. The van der Waals surface area contributed by atoms with E-state index in [-0.39, 0.29) is 6.10 Å². The predicted molar refractivity (Wildman–Crippen MR) is 92.8 cm³/mol. The summed E-state index contributed by atoms with van der Waals surface area (Å²) in [5.74, 6) is 0.640. The second-order valence-corrected chi connectivity index (χ2v) is 7.19. The molecule has 5 heteroatoms. The summed E-state index contributed by atoms with van der Waals surface area (Å²) in [6, 6.07) is 0.394. The van der Waals surface area contributed by atoms with Crippen LogP contribution in [0.15, 0.2) is 0 Å². The molecule has 0 spiro atoms. The maximum atomic E-state index is 9.87. The van der Waals surface area contributed by atoms with Gasteiger partial charge in [-0.1, -0.05) is 13.8 Å². The maximum absolute atomic E-state index is 9.87. The fraction of sp³-hybridized carbons (Fsp3) is 1.00. The van der Waals surface area contributed by atoms with Crippen LogP contribution in [0.3, 0.4) is 0 Å². The number of hydrogen-bond donors (Lipinski definition) is 2. The molecule has 138 valence electrons. The van der Waals surface area contributed by atoms with Crippen LogP contribution in [-0.4, -0.2) is 62.4 Å². The fourth-order valence-electron chi connectivity index (χ4n) is 2.74. The van der Waals surface area contributed by atoms with Gasteiger partial charge in [0.25, 0.3) is 0 Å². The van der Waals surface area contributed by atoms with E-state index in [1.54, 1.807) is 0 Å². The molecule has 1 rings (SSSR count). The molecular formula is C18H37NO4. The first kappa shape index (κ1) is 20.8. The minimum atomic E-state index is -0.417. The summed E-state index contributed by atoms with van der Waals surface area (Å²) in [5, 5.41) is 13.1. The monoisotopic (exact) mass is 331 g/mol. The van der Waals surface area contributed by atoms with Gasteiger partial charge in [-0.25, -0.2) is 0 Å². The van der Waals surface area contributed by atoms with Crippen molar-refractivity contribution in [3.63, 3.8) is 0 Å². The summed E-state index contributed by atoms with van der Waals surface area (Å²) >= 11 is 0. The Labute approximate surface area is 142 Å². The third-order valence-electron chi connectivity index (χ3n) is 4.11. The number of aliphatic hydroxyl groups excluding tert-OH is 1. The number of ether oxygens (including phenoxy) is 3. The van der Waals surface area contributed by atoms with Gasteiger partial charge in [0, 0.05) is 19.2 Å². The lowest BCUT2D eigenvalue weighted by Crippen LogP contribution is -2.36. The van der Waals surface area contributed by atoms with E-state index in [0.717, 1.165) is 32.3 Å². The maximum Gasteiger partial charge on any atom is 0.0897 e. The number of rotatable bonds is 12. The highest BCUT2D eigenvalue weighted by atomic mass is 16.5. The molecule has 2 N–H and O–H groups in total. The van der Waals surface area contributed by atoms with Crippen molar-refractivity contribution in [3.8, 4) is 0 Å². The lowest BCUT2D eigenvalue weighted by molar-refractivity contribution is -0.0395. The molecule has 1 aliphatic carbocycles. The molecule has 1 unspecified atom stereocenters. The zero-order valence-corrected chi connectivity index (χ0v) is 15.4. The SMILES string of the molecule is CC(C)NCC(O)COC1CCC(COCCOC(C)C)CC1. The molecule has 0 aliphatic heterocycles. The van der Waals surface area contributed by atoms with E-state index < -0.39 is 6.10 Å². The molecule has 0 aromatic rings. The molecule has 1 fully saturated rings. The van der Waals surface area contributed by atoms with Gasteiger partial charge in [-0.15, -0.1) is 0 Å². The van der Waals surface area contributed by atoms with E-state index in [1.807, 2.05) is 13.8 Å². The molecule has 0 heterocycles. The van der Waals surface area contributed by atoms with Crippen molar-refractivity contribution < 1.29 is 19.3 Å². The van der Waals surface area contributed by atoms with E-state index in [0.29, 0.717) is 44.4 Å². The fourth-order valence-corrected chi connectivity index (χ4v) is 2.74. The van der Waals surface area contributed by atoms with Crippen LogP contribution in [0.1, 0.15) is 53.4 Å². The van der Waals surface area contributed by atoms with Crippen LogP contribution in [0.25, 0.3) is 0 Å². The Bertz CT molecular complexity index is 278. The smallest absolute Gasteiger partial charge is 0.0897 e. The van der Waals surface area contributed by atoms with Crippen molar-refractivity contribution in [1.82, 2.24) is 5.32 Å². The van der Waals surface area contributed by atoms with Gasteiger partial charge in [-0.2, -0.15) is 0 Å². The summed E-state index contributed by atoms with van der Waals surface area (Å²) in [4.78, 5) is 0. The van der Waals surface area contributed by atoms with Gasteiger partial charge in [0.1, 0.15) is 0 Å². The quantitative estimate of drug-likeness (QED) is 0.538. The number of aliphatic hydroxyl groups is 1. The minimum absolute atomic E-state index is 0.275. The first-order valence-electron chi connectivity index (χ1n) is 9.19. The van der Waals surface area contributed by atoms with Crippen LogP contribution in [-0.2, 0) is 14.2 Å². The highest BCUT2D eigenvalue weighted by molar-refractivity contribution is 4.73. The lowest BCUT2D eigenvalue weighted by Gasteiger charge is -2.29. The van der Waals surface area contributed by atoms with Crippen molar-refractivity contribution in [2.75, 3.05) is 33.0 Å².